The highest BCUT2D eigenvalue weighted by Crippen LogP contribution is 2.38. The molecule has 2 rings (SSSR count). The Bertz CT molecular complexity index is 650. The van der Waals surface area contributed by atoms with Crippen LogP contribution < -0.4 is 0 Å². The van der Waals surface area contributed by atoms with Gasteiger partial charge in [-0.1, -0.05) is 45.0 Å². The summed E-state index contributed by atoms with van der Waals surface area (Å²) in [5.74, 6) is -1.07. The Hall–Kier alpha value is -2.17. The first-order valence-corrected chi connectivity index (χ1v) is 8.93. The van der Waals surface area contributed by atoms with Gasteiger partial charge in [-0.25, -0.2) is 0 Å². The van der Waals surface area contributed by atoms with E-state index in [2.05, 4.69) is 6.92 Å². The number of Topliss-reactive ketones (excluding diaryl/α,β-unsaturated/α-hetero) is 1. The molecule has 0 saturated carbocycles. The molecule has 1 amide bonds. The first-order valence-electron chi connectivity index (χ1n) is 8.93. The third kappa shape index (κ3) is 4.09. The van der Waals surface area contributed by atoms with Crippen LogP contribution in [0.3, 0.4) is 0 Å². The number of nitrogens with zero attached hydrogens (tertiary/aromatic N) is 1. The molecule has 5 heteroatoms. The molecule has 25 heavy (non-hydrogen) atoms. The van der Waals surface area contributed by atoms with Gasteiger partial charge in [0.05, 0.1) is 5.41 Å². The number of ketones is 1. The van der Waals surface area contributed by atoms with Gasteiger partial charge in [0.2, 0.25) is 5.91 Å². The molecule has 1 atom stereocenters. The minimum atomic E-state index is -0.865. The fourth-order valence-electron chi connectivity index (χ4n) is 3.39. The minimum Gasteiger partial charge on any atom is -0.481 e. The van der Waals surface area contributed by atoms with Crippen LogP contribution in [0.25, 0.3) is 0 Å². The zero-order valence-electron chi connectivity index (χ0n) is 15.2. The summed E-state index contributed by atoms with van der Waals surface area (Å²) in [4.78, 5) is 37.9. The van der Waals surface area contributed by atoms with Crippen LogP contribution in [-0.4, -0.2) is 40.8 Å². The fourth-order valence-corrected chi connectivity index (χ4v) is 3.39. The highest BCUT2D eigenvalue weighted by atomic mass is 16.4. The molecule has 1 aliphatic heterocycles. The molecule has 5 nitrogen and oxygen atoms in total. The number of likely N-dealkylation sites (tertiary alicyclic amines) is 1. The number of aliphatic carboxylic acids is 1. The van der Waals surface area contributed by atoms with Crippen molar-refractivity contribution in [1.82, 2.24) is 4.90 Å². The maximum Gasteiger partial charge on any atom is 0.311 e. The molecule has 1 N–H and O–H groups in total. The quantitative estimate of drug-likeness (QED) is 0.770. The summed E-state index contributed by atoms with van der Waals surface area (Å²) in [5, 5.41) is 9.55. The number of carboxylic acids is 1. The van der Waals surface area contributed by atoms with Gasteiger partial charge in [-0.3, -0.25) is 14.4 Å². The van der Waals surface area contributed by atoms with Crippen LogP contribution in [0.2, 0.25) is 0 Å². The maximum absolute atomic E-state index is 12.4. The topological polar surface area (TPSA) is 74.7 Å². The van der Waals surface area contributed by atoms with Crippen molar-refractivity contribution in [3.63, 3.8) is 0 Å². The number of benzene rings is 1. The molecule has 1 aliphatic rings. The van der Waals surface area contributed by atoms with Crippen molar-refractivity contribution in [2.24, 2.45) is 11.3 Å². The monoisotopic (exact) mass is 345 g/mol. The predicted molar refractivity (Wildman–Crippen MR) is 95.5 cm³/mol. The molecule has 1 unspecified atom stereocenters. The van der Waals surface area contributed by atoms with E-state index >= 15 is 0 Å². The van der Waals surface area contributed by atoms with Gasteiger partial charge in [-0.05, 0) is 24.3 Å². The average molecular weight is 345 g/mol. The Labute approximate surface area is 149 Å². The van der Waals surface area contributed by atoms with Gasteiger partial charge in [0.15, 0.2) is 5.78 Å². The van der Waals surface area contributed by atoms with Crippen LogP contribution in [0.1, 0.15) is 56.0 Å². The highest BCUT2D eigenvalue weighted by Gasteiger charge is 2.48. The van der Waals surface area contributed by atoms with Crippen molar-refractivity contribution in [3.05, 3.63) is 35.4 Å². The van der Waals surface area contributed by atoms with E-state index in [1.54, 1.807) is 17.0 Å². The van der Waals surface area contributed by atoms with Crippen molar-refractivity contribution in [2.75, 3.05) is 13.1 Å². The lowest BCUT2D eigenvalue weighted by Gasteiger charge is -2.28. The highest BCUT2D eigenvalue weighted by molar-refractivity contribution is 5.98. The van der Waals surface area contributed by atoms with Crippen molar-refractivity contribution in [2.45, 2.75) is 46.5 Å². The second kappa shape index (κ2) is 7.81. The summed E-state index contributed by atoms with van der Waals surface area (Å²) in [6.45, 7) is 6.50. The minimum absolute atomic E-state index is 0.0403. The number of hydrogen-bond acceptors (Lipinski definition) is 3. The summed E-state index contributed by atoms with van der Waals surface area (Å²) < 4.78 is 0. The lowest BCUT2D eigenvalue weighted by Crippen LogP contribution is -2.40. The third-order valence-corrected chi connectivity index (χ3v) is 5.43. The van der Waals surface area contributed by atoms with Crippen LogP contribution in [-0.2, 0) is 16.0 Å². The molecule has 0 bridgehead atoms. The largest absolute Gasteiger partial charge is 0.481 e. The van der Waals surface area contributed by atoms with Gasteiger partial charge >= 0.3 is 5.97 Å². The standard InChI is InChI=1S/C20H27NO4/c1-4-15-5-7-16(8-6-15)17(22)9-10-18(23)21-12-11-20(13-21,14(2)3)19(24)25/h5-8,14H,4,9-13H2,1-3H3,(H,24,25). The fraction of sp³-hybridized carbons (Fsp3) is 0.550. The number of carbonyl (C=O) groups excluding carboxylic acids is 2. The second-order valence-corrected chi connectivity index (χ2v) is 7.15. The van der Waals surface area contributed by atoms with Gasteiger partial charge in [-0.2, -0.15) is 0 Å². The van der Waals surface area contributed by atoms with Crippen molar-refractivity contribution < 1.29 is 19.5 Å². The predicted octanol–water partition coefficient (Wildman–Crippen LogP) is 3.17. The Morgan fingerprint density at radius 2 is 1.80 bits per heavy atom. The molecule has 1 saturated heterocycles. The number of aryl methyl sites for hydroxylation is 1. The Kier molecular flexibility index (Phi) is 5.98. The molecule has 1 aromatic rings. The van der Waals surface area contributed by atoms with E-state index in [-0.39, 0.29) is 37.0 Å². The molecule has 136 valence electrons. The van der Waals surface area contributed by atoms with Crippen molar-refractivity contribution in [3.8, 4) is 0 Å². The summed E-state index contributed by atoms with van der Waals surface area (Å²) in [7, 11) is 0. The molecule has 0 aromatic heterocycles. The molecule has 1 aromatic carbocycles. The molecule has 0 radical (unpaired) electrons. The third-order valence-electron chi connectivity index (χ3n) is 5.43. The summed E-state index contributed by atoms with van der Waals surface area (Å²) >= 11 is 0. The average Bonchev–Trinajstić information content (AvgIpc) is 3.06. The maximum atomic E-state index is 12.4. The number of hydrogen-bond donors (Lipinski definition) is 1. The molecular weight excluding hydrogens is 318 g/mol. The lowest BCUT2D eigenvalue weighted by atomic mass is 9.76. The van der Waals surface area contributed by atoms with Crippen LogP contribution in [0, 0.1) is 11.3 Å². The van der Waals surface area contributed by atoms with Gasteiger partial charge in [0, 0.05) is 31.5 Å². The van der Waals surface area contributed by atoms with Crippen LogP contribution >= 0.6 is 0 Å². The smallest absolute Gasteiger partial charge is 0.311 e. The number of carbonyl (C=O) groups is 3. The van der Waals surface area contributed by atoms with E-state index in [0.717, 1.165) is 6.42 Å². The van der Waals surface area contributed by atoms with Crippen molar-refractivity contribution in [1.29, 1.82) is 0 Å². The van der Waals surface area contributed by atoms with E-state index < -0.39 is 11.4 Å². The number of rotatable bonds is 7. The summed E-state index contributed by atoms with van der Waals surface area (Å²) in [6.07, 6.45) is 1.67. The van der Waals surface area contributed by atoms with Gasteiger partial charge in [0.1, 0.15) is 0 Å². The van der Waals surface area contributed by atoms with E-state index in [1.807, 2.05) is 26.0 Å². The Balaban J connectivity index is 1.92. The first-order chi connectivity index (χ1) is 11.8. The first kappa shape index (κ1) is 19.2. The van der Waals surface area contributed by atoms with E-state index in [1.165, 1.54) is 5.56 Å². The Morgan fingerprint density at radius 3 is 2.28 bits per heavy atom. The zero-order chi connectivity index (χ0) is 18.6. The van der Waals surface area contributed by atoms with E-state index in [0.29, 0.717) is 18.5 Å². The number of carboxylic acid groups (broad SMARTS) is 1. The summed E-state index contributed by atoms with van der Waals surface area (Å²) in [5.41, 5.74) is 0.923. The van der Waals surface area contributed by atoms with Crippen LogP contribution in [0.15, 0.2) is 24.3 Å². The van der Waals surface area contributed by atoms with Gasteiger partial charge in [-0.15, -0.1) is 0 Å². The molecule has 0 aliphatic carbocycles. The van der Waals surface area contributed by atoms with E-state index in [4.69, 9.17) is 0 Å². The van der Waals surface area contributed by atoms with Gasteiger partial charge in [0.25, 0.3) is 0 Å². The molecule has 0 spiro atoms. The lowest BCUT2D eigenvalue weighted by molar-refractivity contribution is -0.151. The Morgan fingerprint density at radius 1 is 1.16 bits per heavy atom. The number of amides is 1. The van der Waals surface area contributed by atoms with Crippen LogP contribution in [0.4, 0.5) is 0 Å². The van der Waals surface area contributed by atoms with Gasteiger partial charge < -0.3 is 10.0 Å². The normalized spacial score (nSPS) is 20.1. The second-order valence-electron chi connectivity index (χ2n) is 7.15. The molecular formula is C20H27NO4. The molecule has 1 fully saturated rings. The van der Waals surface area contributed by atoms with Crippen molar-refractivity contribution >= 4 is 17.7 Å². The van der Waals surface area contributed by atoms with Crippen LogP contribution in [0.5, 0.6) is 0 Å². The molecule has 1 heterocycles. The zero-order valence-corrected chi connectivity index (χ0v) is 15.2. The van der Waals surface area contributed by atoms with E-state index in [9.17, 15) is 19.5 Å². The summed E-state index contributed by atoms with van der Waals surface area (Å²) in [6, 6.07) is 7.46. The SMILES string of the molecule is CCc1ccc(C(=O)CCC(=O)N2CCC(C(=O)O)(C(C)C)C2)cc1.